The van der Waals surface area contributed by atoms with Gasteiger partial charge in [0.25, 0.3) is 0 Å². The maximum absolute atomic E-state index is 15.3. The van der Waals surface area contributed by atoms with Gasteiger partial charge in [-0.2, -0.15) is 0 Å². The van der Waals surface area contributed by atoms with Gasteiger partial charge < -0.3 is 28.4 Å². The minimum Gasteiger partial charge on any atom is -0.494 e. The Hall–Kier alpha value is -7.60. The number of ether oxygens (including phenoxy) is 6. The molecule has 0 amide bonds. The number of hydrogen-bond donors (Lipinski definition) is 0. The molecule has 12 heteroatoms. The molecule has 88 heavy (non-hydrogen) atoms. The molecular formula is C76H94F2O10. The molecule has 0 saturated carbocycles. The van der Waals surface area contributed by atoms with E-state index in [2.05, 4.69) is 13.8 Å². The summed E-state index contributed by atoms with van der Waals surface area (Å²) in [5, 5.41) is 1.25. The summed E-state index contributed by atoms with van der Waals surface area (Å²) in [5.41, 5.74) is 1.71. The van der Waals surface area contributed by atoms with Crippen molar-refractivity contribution in [3.8, 4) is 34.5 Å². The zero-order valence-electron chi connectivity index (χ0n) is 52.8. The number of esters is 4. The number of hydrogen-bond acceptors (Lipinski definition) is 10. The standard InChI is InChI=1S/C76H94F2O10/c1-5-7-9-11-13-15-17-19-21-23-25-27-29-31-49-83-65-41-33-59(34-42-65)51-57(3)73(79)87-71-47-39-62(55-69(71)77)75(81)85-67-45-37-61-38-46-68(54-64(61)53-67)86-76(82)63-40-48-72(70(78)56-63)88-74(80)58(4)52-60-35-43-66(44-36-60)84-50-32-30-28-26-24-22-20-18-16-14-12-10-8-6-2/h33-48,51-56H,5-32,49-50H2,1-4H3/b57-51+,58-52+. The molecule has 0 aromatic heterocycles. The van der Waals surface area contributed by atoms with Gasteiger partial charge in [-0.15, -0.1) is 0 Å². The fraction of sp³-hybridized carbons (Fsp3) is 0.447. The Morgan fingerprint density at radius 3 is 0.966 bits per heavy atom. The summed E-state index contributed by atoms with van der Waals surface area (Å²) in [7, 11) is 0. The highest BCUT2D eigenvalue weighted by Gasteiger charge is 2.19. The van der Waals surface area contributed by atoms with Crippen LogP contribution >= 0.6 is 0 Å². The molecule has 10 nitrogen and oxygen atoms in total. The average molecular weight is 1210 g/mol. The quantitative estimate of drug-likeness (QED) is 0.0158. The van der Waals surface area contributed by atoms with Crippen LogP contribution in [0.1, 0.15) is 239 Å². The van der Waals surface area contributed by atoms with E-state index in [9.17, 15) is 19.2 Å². The van der Waals surface area contributed by atoms with Crippen LogP contribution in [0.4, 0.5) is 8.78 Å². The Bertz CT molecular complexity index is 2940. The largest absolute Gasteiger partial charge is 0.494 e. The molecular weight excluding hydrogens is 1110 g/mol. The van der Waals surface area contributed by atoms with E-state index in [1.807, 2.05) is 48.5 Å². The van der Waals surface area contributed by atoms with Gasteiger partial charge in [0.1, 0.15) is 23.0 Å². The zero-order valence-corrected chi connectivity index (χ0v) is 52.8. The second-order valence-electron chi connectivity index (χ2n) is 23.2. The molecule has 6 rings (SSSR count). The summed E-state index contributed by atoms with van der Waals surface area (Å²) < 4.78 is 64.3. The molecule has 0 heterocycles. The summed E-state index contributed by atoms with van der Waals surface area (Å²) in [6, 6.07) is 31.1. The van der Waals surface area contributed by atoms with E-state index in [1.54, 1.807) is 62.4 Å². The lowest BCUT2D eigenvalue weighted by Gasteiger charge is -2.10. The van der Waals surface area contributed by atoms with Gasteiger partial charge in [0.2, 0.25) is 0 Å². The molecule has 472 valence electrons. The summed E-state index contributed by atoms with van der Waals surface area (Å²) in [6.45, 7) is 8.95. The van der Waals surface area contributed by atoms with Gasteiger partial charge in [0, 0.05) is 11.1 Å². The second-order valence-corrected chi connectivity index (χ2v) is 23.2. The molecule has 0 unspecified atom stereocenters. The van der Waals surface area contributed by atoms with Gasteiger partial charge in [-0.1, -0.05) is 217 Å². The smallest absolute Gasteiger partial charge is 0.343 e. The van der Waals surface area contributed by atoms with E-state index in [0.717, 1.165) is 65.8 Å². The first kappa shape index (κ1) is 69.5. The van der Waals surface area contributed by atoms with Crippen LogP contribution in [0.5, 0.6) is 34.5 Å². The first-order valence-electron chi connectivity index (χ1n) is 32.7. The normalized spacial score (nSPS) is 11.6. The third-order valence-electron chi connectivity index (χ3n) is 15.6. The lowest BCUT2D eigenvalue weighted by atomic mass is 10.0. The topological polar surface area (TPSA) is 124 Å². The van der Waals surface area contributed by atoms with Gasteiger partial charge in [0.05, 0.1) is 24.3 Å². The van der Waals surface area contributed by atoms with E-state index >= 15 is 8.78 Å². The van der Waals surface area contributed by atoms with Crippen molar-refractivity contribution >= 4 is 46.8 Å². The van der Waals surface area contributed by atoms with Crippen molar-refractivity contribution in [3.63, 3.8) is 0 Å². The molecule has 0 fully saturated rings. The van der Waals surface area contributed by atoms with E-state index < -0.39 is 35.5 Å². The van der Waals surface area contributed by atoms with E-state index in [-0.39, 0.29) is 45.3 Å². The molecule has 0 aliphatic rings. The Kier molecular flexibility index (Phi) is 31.6. The minimum atomic E-state index is -0.938. The highest BCUT2D eigenvalue weighted by Crippen LogP contribution is 2.29. The number of rotatable bonds is 42. The molecule has 0 spiro atoms. The Morgan fingerprint density at radius 1 is 0.341 bits per heavy atom. The van der Waals surface area contributed by atoms with Crippen molar-refractivity contribution in [1.29, 1.82) is 0 Å². The van der Waals surface area contributed by atoms with Crippen LogP contribution in [0.3, 0.4) is 0 Å². The van der Waals surface area contributed by atoms with Gasteiger partial charge in [-0.25, -0.2) is 28.0 Å². The first-order chi connectivity index (χ1) is 42.9. The molecule has 6 aromatic carbocycles. The number of benzene rings is 6. The average Bonchev–Trinajstić information content (AvgIpc) is 3.44. The van der Waals surface area contributed by atoms with Crippen LogP contribution < -0.4 is 28.4 Å². The van der Waals surface area contributed by atoms with Crippen molar-refractivity contribution in [3.05, 3.63) is 166 Å². The summed E-state index contributed by atoms with van der Waals surface area (Å²) in [5.74, 6) is -4.12. The van der Waals surface area contributed by atoms with Crippen molar-refractivity contribution in [2.24, 2.45) is 0 Å². The third-order valence-corrected chi connectivity index (χ3v) is 15.6. The Labute approximate surface area is 522 Å². The third kappa shape index (κ3) is 26.0. The number of halogens is 2. The maximum atomic E-state index is 15.3. The van der Waals surface area contributed by atoms with Crippen LogP contribution in [0.2, 0.25) is 0 Å². The molecule has 0 radical (unpaired) electrons. The summed E-state index contributed by atoms with van der Waals surface area (Å²) in [4.78, 5) is 52.4. The van der Waals surface area contributed by atoms with Gasteiger partial charge in [-0.05, 0) is 146 Å². The highest BCUT2D eigenvalue weighted by molar-refractivity contribution is 5.97. The van der Waals surface area contributed by atoms with Crippen LogP contribution in [0.15, 0.2) is 132 Å². The predicted molar refractivity (Wildman–Crippen MR) is 350 cm³/mol. The second kappa shape index (κ2) is 40.0. The molecule has 0 aliphatic heterocycles. The molecule has 0 saturated heterocycles. The number of carbonyl (C=O) groups excluding carboxylic acids is 4. The van der Waals surface area contributed by atoms with Crippen molar-refractivity contribution in [1.82, 2.24) is 0 Å². The van der Waals surface area contributed by atoms with Crippen molar-refractivity contribution < 1.29 is 56.4 Å². The lowest BCUT2D eigenvalue weighted by Crippen LogP contribution is -2.12. The fourth-order valence-corrected chi connectivity index (χ4v) is 10.4. The van der Waals surface area contributed by atoms with Gasteiger partial charge in [0.15, 0.2) is 23.1 Å². The number of fused-ring (bicyclic) bond motifs is 1. The van der Waals surface area contributed by atoms with Crippen LogP contribution in [-0.2, 0) is 9.59 Å². The maximum Gasteiger partial charge on any atom is 0.343 e. The number of carbonyl (C=O) groups is 4. The SMILES string of the molecule is CCCCCCCCCCCCCCCCOc1ccc(/C=C(\C)C(=O)Oc2ccc(C(=O)Oc3ccc4ccc(OC(=O)c5ccc(OC(=O)/C(C)=C/c6ccc(OCCCCCCCCCCCCCCCC)cc6)c(F)c5)cc4c3)cc2F)cc1. The van der Waals surface area contributed by atoms with Crippen LogP contribution in [-0.4, -0.2) is 37.1 Å². The van der Waals surface area contributed by atoms with E-state index in [1.165, 1.54) is 178 Å². The van der Waals surface area contributed by atoms with Crippen LogP contribution in [0, 0.1) is 11.6 Å². The minimum absolute atomic E-state index is 0.118. The summed E-state index contributed by atoms with van der Waals surface area (Å²) in [6.07, 6.45) is 39.7. The molecule has 0 atom stereocenters. The van der Waals surface area contributed by atoms with Crippen LogP contribution in [0.25, 0.3) is 22.9 Å². The highest BCUT2D eigenvalue weighted by atomic mass is 19.1. The monoisotopic (exact) mass is 1200 g/mol. The molecule has 0 N–H and O–H groups in total. The Morgan fingerprint density at radius 2 is 0.648 bits per heavy atom. The van der Waals surface area contributed by atoms with Crippen molar-refractivity contribution in [2.45, 2.75) is 207 Å². The van der Waals surface area contributed by atoms with Gasteiger partial charge in [-0.3, -0.25) is 0 Å². The molecule has 6 aromatic rings. The van der Waals surface area contributed by atoms with Crippen molar-refractivity contribution in [2.75, 3.05) is 13.2 Å². The Balaban J connectivity index is 0.876. The molecule has 0 aliphatic carbocycles. The van der Waals surface area contributed by atoms with Gasteiger partial charge >= 0.3 is 23.9 Å². The fourth-order valence-electron chi connectivity index (χ4n) is 10.4. The lowest BCUT2D eigenvalue weighted by molar-refractivity contribution is -0.131. The van der Waals surface area contributed by atoms with E-state index in [4.69, 9.17) is 28.4 Å². The zero-order chi connectivity index (χ0) is 62.6. The molecule has 0 bridgehead atoms. The van der Waals surface area contributed by atoms with E-state index in [0.29, 0.717) is 18.6 Å². The summed E-state index contributed by atoms with van der Waals surface area (Å²) >= 11 is 0. The predicted octanol–water partition coefficient (Wildman–Crippen LogP) is 21.3. The first-order valence-corrected chi connectivity index (χ1v) is 32.7. The number of unbranched alkanes of at least 4 members (excludes halogenated alkanes) is 26.